The average molecular weight is 383 g/mol. The van der Waals surface area contributed by atoms with Gasteiger partial charge in [-0.25, -0.2) is 8.42 Å². The maximum absolute atomic E-state index is 12.9. The van der Waals surface area contributed by atoms with Gasteiger partial charge in [-0.2, -0.15) is 4.31 Å². The fourth-order valence-electron chi connectivity index (χ4n) is 3.16. The molecule has 146 valence electrons. The van der Waals surface area contributed by atoms with Gasteiger partial charge < -0.3 is 10.1 Å². The molecule has 2 rings (SSSR count). The van der Waals surface area contributed by atoms with E-state index in [-0.39, 0.29) is 11.8 Å². The molecule has 26 heavy (non-hydrogen) atoms. The molecule has 1 aromatic carbocycles. The Labute approximate surface area is 157 Å². The average Bonchev–Trinajstić information content (AvgIpc) is 2.61. The second-order valence-electron chi connectivity index (χ2n) is 7.28. The maximum Gasteiger partial charge on any atom is 0.243 e. The molecule has 0 aliphatic carbocycles. The van der Waals surface area contributed by atoms with Gasteiger partial charge in [0.05, 0.1) is 12.0 Å². The monoisotopic (exact) mass is 382 g/mol. The van der Waals surface area contributed by atoms with Gasteiger partial charge in [-0.15, -0.1) is 0 Å². The van der Waals surface area contributed by atoms with Crippen molar-refractivity contribution in [3.63, 3.8) is 0 Å². The van der Waals surface area contributed by atoms with Crippen LogP contribution in [-0.4, -0.2) is 45.4 Å². The Balaban J connectivity index is 1.97. The van der Waals surface area contributed by atoms with E-state index in [0.717, 1.165) is 6.42 Å². The summed E-state index contributed by atoms with van der Waals surface area (Å²) in [6, 6.07) is 4.98. The number of sulfonamides is 1. The number of carbonyl (C=O) groups excluding carboxylic acids is 1. The lowest BCUT2D eigenvalue weighted by Gasteiger charge is -2.31. The highest BCUT2D eigenvalue weighted by Gasteiger charge is 2.32. The quantitative estimate of drug-likeness (QED) is 0.786. The molecule has 0 unspecified atom stereocenters. The van der Waals surface area contributed by atoms with Crippen molar-refractivity contribution in [2.24, 2.45) is 11.8 Å². The summed E-state index contributed by atoms with van der Waals surface area (Å²) in [6.45, 7) is 7.43. The van der Waals surface area contributed by atoms with Gasteiger partial charge in [0.15, 0.2) is 0 Å². The Bertz CT molecular complexity index is 723. The number of aryl methyl sites for hydroxylation is 1. The maximum atomic E-state index is 12.9. The molecule has 1 saturated heterocycles. The number of carbonyl (C=O) groups is 1. The highest BCUT2D eigenvalue weighted by molar-refractivity contribution is 7.89. The molecule has 1 N–H and O–H groups in total. The lowest BCUT2D eigenvalue weighted by Crippen LogP contribution is -2.43. The van der Waals surface area contributed by atoms with E-state index in [9.17, 15) is 13.2 Å². The van der Waals surface area contributed by atoms with Crippen LogP contribution in [0.5, 0.6) is 5.75 Å². The largest absolute Gasteiger partial charge is 0.497 e. The summed E-state index contributed by atoms with van der Waals surface area (Å²) in [6.07, 6.45) is 2.07. The summed E-state index contributed by atoms with van der Waals surface area (Å²) < 4.78 is 32.5. The van der Waals surface area contributed by atoms with Gasteiger partial charge in [0.1, 0.15) is 5.75 Å². The summed E-state index contributed by atoms with van der Waals surface area (Å²) in [5.41, 5.74) is 0.665. The normalized spacial score (nSPS) is 16.7. The van der Waals surface area contributed by atoms with Gasteiger partial charge in [0.2, 0.25) is 15.9 Å². The van der Waals surface area contributed by atoms with E-state index in [4.69, 9.17) is 4.74 Å². The Hall–Kier alpha value is -1.60. The first-order valence-electron chi connectivity index (χ1n) is 9.18. The molecular weight excluding hydrogens is 352 g/mol. The van der Waals surface area contributed by atoms with Gasteiger partial charge in [0.25, 0.3) is 0 Å². The molecule has 0 spiro atoms. The molecular formula is C19H30N2O4S. The minimum absolute atomic E-state index is 0.0447. The van der Waals surface area contributed by atoms with Crippen molar-refractivity contribution in [3.05, 3.63) is 23.8 Å². The van der Waals surface area contributed by atoms with E-state index in [1.54, 1.807) is 32.2 Å². The van der Waals surface area contributed by atoms with E-state index in [1.807, 2.05) is 0 Å². The standard InChI is InChI=1S/C19H30N2O4S/c1-14(2)7-10-20-19(22)16-8-11-21(12-9-16)26(23,24)18-6-5-17(25-4)13-15(18)3/h5-6,13-14,16H,7-12H2,1-4H3,(H,20,22). The molecule has 1 amide bonds. The molecule has 0 atom stereocenters. The van der Waals surface area contributed by atoms with Gasteiger partial charge in [-0.1, -0.05) is 13.8 Å². The zero-order valence-electron chi connectivity index (χ0n) is 16.1. The molecule has 7 heteroatoms. The molecule has 0 bridgehead atoms. The second-order valence-corrected chi connectivity index (χ2v) is 9.19. The Morgan fingerprint density at radius 3 is 2.50 bits per heavy atom. The molecule has 1 aliphatic rings. The lowest BCUT2D eigenvalue weighted by atomic mass is 9.97. The van der Waals surface area contributed by atoms with Crippen LogP contribution in [0.4, 0.5) is 0 Å². The predicted molar refractivity (Wildman–Crippen MR) is 102 cm³/mol. The number of nitrogens with one attached hydrogen (secondary N) is 1. The van der Waals surface area contributed by atoms with Crippen LogP contribution in [0, 0.1) is 18.8 Å². The summed E-state index contributed by atoms with van der Waals surface area (Å²) in [7, 11) is -1.99. The van der Waals surface area contributed by atoms with Crippen LogP contribution >= 0.6 is 0 Å². The summed E-state index contributed by atoms with van der Waals surface area (Å²) >= 11 is 0. The fraction of sp³-hybridized carbons (Fsp3) is 0.632. The van der Waals surface area contributed by atoms with Gasteiger partial charge in [-0.3, -0.25) is 4.79 Å². The third-order valence-electron chi connectivity index (χ3n) is 4.85. The summed E-state index contributed by atoms with van der Waals surface area (Å²) in [4.78, 5) is 12.5. The van der Waals surface area contributed by atoms with E-state index in [0.29, 0.717) is 54.6 Å². The van der Waals surface area contributed by atoms with Crippen LogP contribution in [0.1, 0.15) is 38.7 Å². The number of amides is 1. The van der Waals surface area contributed by atoms with Crippen molar-refractivity contribution in [2.45, 2.75) is 44.9 Å². The molecule has 6 nitrogen and oxygen atoms in total. The van der Waals surface area contributed by atoms with Gasteiger partial charge in [0, 0.05) is 25.6 Å². The molecule has 0 aromatic heterocycles. The first-order chi connectivity index (χ1) is 12.3. The number of hydrogen-bond acceptors (Lipinski definition) is 4. The van der Waals surface area contributed by atoms with Crippen LogP contribution < -0.4 is 10.1 Å². The van der Waals surface area contributed by atoms with Crippen LogP contribution in [0.25, 0.3) is 0 Å². The Kier molecular flexibility index (Phi) is 7.06. The van der Waals surface area contributed by atoms with E-state index in [2.05, 4.69) is 19.2 Å². The number of piperidine rings is 1. The number of nitrogens with zero attached hydrogens (tertiary/aromatic N) is 1. The lowest BCUT2D eigenvalue weighted by molar-refractivity contribution is -0.126. The molecule has 1 heterocycles. The number of hydrogen-bond donors (Lipinski definition) is 1. The van der Waals surface area contributed by atoms with E-state index >= 15 is 0 Å². The van der Waals surface area contributed by atoms with E-state index in [1.165, 1.54) is 4.31 Å². The van der Waals surface area contributed by atoms with Crippen LogP contribution in [0.15, 0.2) is 23.1 Å². The summed E-state index contributed by atoms with van der Waals surface area (Å²) in [5, 5.41) is 2.97. The highest BCUT2D eigenvalue weighted by Crippen LogP contribution is 2.27. The Morgan fingerprint density at radius 2 is 1.96 bits per heavy atom. The zero-order valence-corrected chi connectivity index (χ0v) is 16.9. The third-order valence-corrected chi connectivity index (χ3v) is 6.90. The van der Waals surface area contributed by atoms with Gasteiger partial charge >= 0.3 is 0 Å². The van der Waals surface area contributed by atoms with Crippen molar-refractivity contribution >= 4 is 15.9 Å². The minimum Gasteiger partial charge on any atom is -0.497 e. The van der Waals surface area contributed by atoms with Crippen LogP contribution in [0.2, 0.25) is 0 Å². The van der Waals surface area contributed by atoms with Crippen LogP contribution in [0.3, 0.4) is 0 Å². The van der Waals surface area contributed by atoms with Crippen molar-refractivity contribution in [3.8, 4) is 5.75 Å². The summed E-state index contributed by atoms with van der Waals surface area (Å²) in [5.74, 6) is 1.13. The number of rotatable bonds is 7. The predicted octanol–water partition coefficient (Wildman–Crippen LogP) is 2.57. The third kappa shape index (κ3) is 4.98. The van der Waals surface area contributed by atoms with Crippen LogP contribution in [-0.2, 0) is 14.8 Å². The smallest absolute Gasteiger partial charge is 0.243 e. The fourth-order valence-corrected chi connectivity index (χ4v) is 4.84. The van der Waals surface area contributed by atoms with E-state index < -0.39 is 10.0 Å². The zero-order chi connectivity index (χ0) is 19.3. The van der Waals surface area contributed by atoms with Crippen molar-refractivity contribution in [1.29, 1.82) is 0 Å². The number of methoxy groups -OCH3 is 1. The Morgan fingerprint density at radius 1 is 1.31 bits per heavy atom. The number of benzene rings is 1. The second kappa shape index (κ2) is 8.86. The molecule has 0 radical (unpaired) electrons. The first-order valence-corrected chi connectivity index (χ1v) is 10.6. The molecule has 1 aliphatic heterocycles. The number of ether oxygens (including phenoxy) is 1. The molecule has 1 aromatic rings. The first kappa shape index (κ1) is 20.7. The van der Waals surface area contributed by atoms with Gasteiger partial charge in [-0.05, 0) is 55.9 Å². The molecule has 1 fully saturated rings. The molecule has 0 saturated carbocycles. The highest BCUT2D eigenvalue weighted by atomic mass is 32.2. The SMILES string of the molecule is COc1ccc(S(=O)(=O)N2CCC(C(=O)NCCC(C)C)CC2)c(C)c1. The van der Waals surface area contributed by atoms with Crippen molar-refractivity contribution in [2.75, 3.05) is 26.7 Å². The minimum atomic E-state index is -3.55. The topological polar surface area (TPSA) is 75.7 Å². The van der Waals surface area contributed by atoms with Crippen molar-refractivity contribution < 1.29 is 17.9 Å². The van der Waals surface area contributed by atoms with Crippen molar-refractivity contribution in [1.82, 2.24) is 9.62 Å².